The second kappa shape index (κ2) is 3.20. The highest BCUT2D eigenvalue weighted by Crippen LogP contribution is 2.24. The van der Waals surface area contributed by atoms with Gasteiger partial charge in [0.05, 0.1) is 0 Å². The molecule has 0 aromatic heterocycles. The van der Waals surface area contributed by atoms with Crippen LogP contribution in [0.25, 0.3) is 6.08 Å². The van der Waals surface area contributed by atoms with Crippen LogP contribution in [0.3, 0.4) is 0 Å². The molecule has 12 heavy (non-hydrogen) atoms. The summed E-state index contributed by atoms with van der Waals surface area (Å²) in [5.74, 6) is 1.51. The van der Waals surface area contributed by atoms with Crippen molar-refractivity contribution < 1.29 is 4.74 Å². The van der Waals surface area contributed by atoms with Gasteiger partial charge in [0.2, 0.25) is 0 Å². The standard InChI is InChI=1S/C10H9ClO/c11-7-8-3-4-10-9(6-8)2-1-5-12-10/h1-4,6H,5,7H2. The first-order valence-electron chi connectivity index (χ1n) is 3.88. The minimum atomic E-state index is 0.557. The summed E-state index contributed by atoms with van der Waals surface area (Å²) in [7, 11) is 0. The van der Waals surface area contributed by atoms with Crippen molar-refractivity contribution in [2.24, 2.45) is 0 Å². The van der Waals surface area contributed by atoms with Gasteiger partial charge in [-0.3, -0.25) is 0 Å². The maximum atomic E-state index is 5.70. The summed E-state index contributed by atoms with van der Waals surface area (Å²) in [6.07, 6.45) is 4.06. The Morgan fingerprint density at radius 2 is 2.33 bits per heavy atom. The highest BCUT2D eigenvalue weighted by Gasteiger charge is 2.04. The first-order valence-corrected chi connectivity index (χ1v) is 4.42. The number of rotatable bonds is 1. The van der Waals surface area contributed by atoms with Crippen molar-refractivity contribution in [2.45, 2.75) is 5.88 Å². The maximum absolute atomic E-state index is 5.70. The van der Waals surface area contributed by atoms with Crippen LogP contribution in [0.4, 0.5) is 0 Å². The minimum Gasteiger partial charge on any atom is -0.489 e. The van der Waals surface area contributed by atoms with Crippen molar-refractivity contribution in [1.82, 2.24) is 0 Å². The van der Waals surface area contributed by atoms with Crippen molar-refractivity contribution in [1.29, 1.82) is 0 Å². The van der Waals surface area contributed by atoms with E-state index in [1.165, 1.54) is 0 Å². The van der Waals surface area contributed by atoms with Gasteiger partial charge in [-0.1, -0.05) is 12.1 Å². The Kier molecular flexibility index (Phi) is 2.05. The fourth-order valence-electron chi connectivity index (χ4n) is 1.26. The molecule has 62 valence electrons. The van der Waals surface area contributed by atoms with Gasteiger partial charge in [0.25, 0.3) is 0 Å². The molecule has 1 aliphatic rings. The molecule has 0 amide bonds. The highest BCUT2D eigenvalue weighted by atomic mass is 35.5. The number of ether oxygens (including phenoxy) is 1. The zero-order chi connectivity index (χ0) is 8.39. The largest absolute Gasteiger partial charge is 0.489 e. The molecule has 2 heteroatoms. The minimum absolute atomic E-state index is 0.557. The van der Waals surface area contributed by atoms with Crippen LogP contribution in [-0.2, 0) is 5.88 Å². The Balaban J connectivity index is 2.44. The molecular weight excluding hydrogens is 172 g/mol. The molecule has 0 saturated heterocycles. The molecule has 0 fully saturated rings. The average molecular weight is 181 g/mol. The molecule has 0 unspecified atom stereocenters. The summed E-state index contributed by atoms with van der Waals surface area (Å²) in [6, 6.07) is 6.01. The van der Waals surface area contributed by atoms with E-state index in [1.54, 1.807) is 0 Å². The number of hydrogen-bond acceptors (Lipinski definition) is 1. The zero-order valence-corrected chi connectivity index (χ0v) is 7.34. The molecule has 1 aliphatic heterocycles. The van der Waals surface area contributed by atoms with E-state index in [1.807, 2.05) is 18.2 Å². The Morgan fingerprint density at radius 3 is 3.17 bits per heavy atom. The van der Waals surface area contributed by atoms with Crippen LogP contribution in [0.2, 0.25) is 0 Å². The van der Waals surface area contributed by atoms with Crippen LogP contribution in [0.15, 0.2) is 24.3 Å². The summed E-state index contributed by atoms with van der Waals surface area (Å²) in [6.45, 7) is 0.674. The Hall–Kier alpha value is -0.950. The smallest absolute Gasteiger partial charge is 0.127 e. The van der Waals surface area contributed by atoms with Gasteiger partial charge in [0.15, 0.2) is 0 Å². The van der Waals surface area contributed by atoms with Crippen LogP contribution >= 0.6 is 11.6 Å². The van der Waals surface area contributed by atoms with Gasteiger partial charge in [0.1, 0.15) is 12.4 Å². The van der Waals surface area contributed by atoms with E-state index in [2.05, 4.69) is 12.1 Å². The Bertz CT molecular complexity index is 318. The van der Waals surface area contributed by atoms with Gasteiger partial charge in [-0.05, 0) is 23.8 Å². The summed E-state index contributed by atoms with van der Waals surface area (Å²) in [5.41, 5.74) is 2.25. The molecule has 0 atom stereocenters. The van der Waals surface area contributed by atoms with Crippen molar-refractivity contribution in [3.63, 3.8) is 0 Å². The third-order valence-corrected chi connectivity index (χ3v) is 2.17. The average Bonchev–Trinajstić information content (AvgIpc) is 2.17. The van der Waals surface area contributed by atoms with E-state index in [-0.39, 0.29) is 0 Å². The van der Waals surface area contributed by atoms with Crippen LogP contribution in [0.1, 0.15) is 11.1 Å². The first-order chi connectivity index (χ1) is 5.90. The topological polar surface area (TPSA) is 9.23 Å². The Morgan fingerprint density at radius 1 is 1.42 bits per heavy atom. The second-order valence-electron chi connectivity index (χ2n) is 2.72. The lowest BCUT2D eigenvalue weighted by molar-refractivity contribution is 0.358. The van der Waals surface area contributed by atoms with Crippen molar-refractivity contribution in [3.8, 4) is 5.75 Å². The van der Waals surface area contributed by atoms with E-state index < -0.39 is 0 Å². The van der Waals surface area contributed by atoms with Gasteiger partial charge in [0, 0.05) is 11.4 Å². The van der Waals surface area contributed by atoms with Crippen LogP contribution in [0, 0.1) is 0 Å². The van der Waals surface area contributed by atoms with Gasteiger partial charge >= 0.3 is 0 Å². The quantitative estimate of drug-likeness (QED) is 0.604. The molecule has 1 aromatic carbocycles. The fraction of sp³-hybridized carbons (Fsp3) is 0.200. The second-order valence-corrected chi connectivity index (χ2v) is 2.99. The van der Waals surface area contributed by atoms with E-state index in [0.717, 1.165) is 16.9 Å². The zero-order valence-electron chi connectivity index (χ0n) is 6.59. The molecule has 1 aromatic rings. The monoisotopic (exact) mass is 180 g/mol. The predicted molar refractivity (Wildman–Crippen MR) is 50.5 cm³/mol. The molecule has 0 radical (unpaired) electrons. The van der Waals surface area contributed by atoms with Gasteiger partial charge in [-0.25, -0.2) is 0 Å². The molecule has 0 N–H and O–H groups in total. The summed E-state index contributed by atoms with van der Waals surface area (Å²) in [5, 5.41) is 0. The van der Waals surface area contributed by atoms with Crippen molar-refractivity contribution >= 4 is 17.7 Å². The molecule has 0 saturated carbocycles. The number of halogens is 1. The maximum Gasteiger partial charge on any atom is 0.127 e. The molecule has 1 heterocycles. The number of benzene rings is 1. The first kappa shape index (κ1) is 7.69. The number of alkyl halides is 1. The number of fused-ring (bicyclic) bond motifs is 1. The summed E-state index contributed by atoms with van der Waals surface area (Å²) < 4.78 is 5.39. The lowest BCUT2D eigenvalue weighted by Gasteiger charge is -2.12. The molecule has 1 nitrogen and oxygen atoms in total. The predicted octanol–water partition coefficient (Wildman–Crippen LogP) is 2.83. The third kappa shape index (κ3) is 1.32. The fourth-order valence-corrected chi connectivity index (χ4v) is 1.42. The lowest BCUT2D eigenvalue weighted by atomic mass is 10.1. The summed E-state index contributed by atoms with van der Waals surface area (Å²) >= 11 is 5.70. The van der Waals surface area contributed by atoms with Gasteiger partial charge in [-0.2, -0.15) is 0 Å². The highest BCUT2D eigenvalue weighted by molar-refractivity contribution is 6.17. The number of hydrogen-bond donors (Lipinski definition) is 0. The third-order valence-electron chi connectivity index (χ3n) is 1.86. The van der Waals surface area contributed by atoms with E-state index >= 15 is 0 Å². The van der Waals surface area contributed by atoms with Crippen LogP contribution < -0.4 is 4.74 Å². The molecular formula is C10H9ClO. The van der Waals surface area contributed by atoms with Crippen LogP contribution in [0.5, 0.6) is 5.75 Å². The van der Waals surface area contributed by atoms with E-state index in [9.17, 15) is 0 Å². The molecule has 0 spiro atoms. The lowest BCUT2D eigenvalue weighted by Crippen LogP contribution is -2.00. The molecule has 2 rings (SSSR count). The molecule has 0 aliphatic carbocycles. The summed E-state index contributed by atoms with van der Waals surface area (Å²) in [4.78, 5) is 0. The van der Waals surface area contributed by atoms with Crippen molar-refractivity contribution in [2.75, 3.05) is 6.61 Å². The van der Waals surface area contributed by atoms with E-state index in [0.29, 0.717) is 12.5 Å². The van der Waals surface area contributed by atoms with Gasteiger partial charge in [-0.15, -0.1) is 11.6 Å². The SMILES string of the molecule is ClCc1ccc2c(c1)C=CCO2. The van der Waals surface area contributed by atoms with E-state index in [4.69, 9.17) is 16.3 Å². The van der Waals surface area contributed by atoms with Crippen molar-refractivity contribution in [3.05, 3.63) is 35.4 Å². The van der Waals surface area contributed by atoms with Gasteiger partial charge < -0.3 is 4.74 Å². The molecule has 0 bridgehead atoms. The normalized spacial score (nSPS) is 13.8. The Labute approximate surface area is 76.6 Å². The van der Waals surface area contributed by atoms with Crippen LogP contribution in [-0.4, -0.2) is 6.61 Å².